The summed E-state index contributed by atoms with van der Waals surface area (Å²) in [5.41, 5.74) is 4.42. The zero-order chi connectivity index (χ0) is 27.3. The van der Waals surface area contributed by atoms with Crippen LogP contribution >= 0.6 is 0 Å². The molecule has 0 bridgehead atoms. The van der Waals surface area contributed by atoms with Gasteiger partial charge in [-0.05, 0) is 67.0 Å². The highest BCUT2D eigenvalue weighted by molar-refractivity contribution is 6.05. The minimum atomic E-state index is -0.203. The molecule has 0 spiro atoms. The number of benzene rings is 2. The van der Waals surface area contributed by atoms with Gasteiger partial charge in [0.2, 0.25) is 0 Å². The Hall–Kier alpha value is -3.59. The Kier molecular flexibility index (Phi) is 11.4. The Morgan fingerprint density at radius 2 is 1.76 bits per heavy atom. The number of amidine groups is 1. The van der Waals surface area contributed by atoms with Crippen molar-refractivity contribution in [3.05, 3.63) is 64.7 Å². The minimum absolute atomic E-state index is 0.0986. The number of carbonyl (C=O) groups excluding carboxylic acids is 2. The molecule has 0 heterocycles. The number of ether oxygens (including phenoxy) is 1. The fourth-order valence-corrected chi connectivity index (χ4v) is 4.87. The van der Waals surface area contributed by atoms with Gasteiger partial charge in [0.15, 0.2) is 0 Å². The first-order chi connectivity index (χ1) is 18.4. The number of aryl methyl sites for hydroxylation is 1. The van der Waals surface area contributed by atoms with Crippen LogP contribution in [0.1, 0.15) is 85.3 Å². The molecule has 6 heteroatoms. The molecule has 3 rings (SSSR count). The molecule has 0 aliphatic heterocycles. The first-order valence-corrected chi connectivity index (χ1v) is 13.8. The molecule has 1 amide bonds. The number of amides is 1. The molecule has 2 aromatic carbocycles. The number of unbranched alkanes of at least 4 members (excludes halogenated alkanes) is 5. The Morgan fingerprint density at radius 1 is 1.05 bits per heavy atom. The van der Waals surface area contributed by atoms with Crippen LogP contribution in [0.4, 0.5) is 5.69 Å². The van der Waals surface area contributed by atoms with E-state index in [1.54, 1.807) is 36.2 Å². The van der Waals surface area contributed by atoms with Crippen molar-refractivity contribution in [1.82, 2.24) is 4.90 Å². The summed E-state index contributed by atoms with van der Waals surface area (Å²) in [5, 5.41) is 11.2. The van der Waals surface area contributed by atoms with Crippen LogP contribution in [0.5, 0.6) is 0 Å². The van der Waals surface area contributed by atoms with Crippen molar-refractivity contribution in [1.29, 1.82) is 5.41 Å². The van der Waals surface area contributed by atoms with Crippen molar-refractivity contribution >= 4 is 23.4 Å². The van der Waals surface area contributed by atoms with E-state index >= 15 is 0 Å². The van der Waals surface area contributed by atoms with E-state index in [0.717, 1.165) is 37.8 Å². The standard InChI is InChI=1S/C32H41N3O3/c1-4-6-7-8-9-10-20-38-30(36)22-24-11-12-25-17-18-29(23-28(25)21-24)34-32(37)27-15-13-26(14-16-27)31(33)35(3)19-5-2/h2,13-18,23-24,33H,4,6-12,19-22H2,1,3H3,(H,34,37). The second kappa shape index (κ2) is 15.0. The number of carbonyl (C=O) groups is 2. The van der Waals surface area contributed by atoms with E-state index in [1.807, 2.05) is 12.1 Å². The number of nitrogens with zero attached hydrogens (tertiary/aromatic N) is 1. The van der Waals surface area contributed by atoms with Crippen molar-refractivity contribution in [2.75, 3.05) is 25.5 Å². The van der Waals surface area contributed by atoms with Crippen LogP contribution in [0.2, 0.25) is 0 Å². The summed E-state index contributed by atoms with van der Waals surface area (Å²) in [6.07, 6.45) is 15.6. The average molecular weight is 516 g/mol. The van der Waals surface area contributed by atoms with E-state index in [2.05, 4.69) is 24.2 Å². The molecule has 1 aliphatic carbocycles. The first kappa shape index (κ1) is 29.0. The highest BCUT2D eigenvalue weighted by Gasteiger charge is 2.22. The fourth-order valence-electron chi connectivity index (χ4n) is 4.87. The Labute approximate surface area is 227 Å². The fraction of sp³-hybridized carbons (Fsp3) is 0.469. The molecule has 2 aromatic rings. The van der Waals surface area contributed by atoms with Crippen LogP contribution < -0.4 is 5.32 Å². The molecule has 0 saturated carbocycles. The number of nitrogens with one attached hydrogen (secondary N) is 2. The van der Waals surface area contributed by atoms with Crippen LogP contribution in [0.3, 0.4) is 0 Å². The predicted octanol–water partition coefficient (Wildman–Crippen LogP) is 6.23. The lowest BCUT2D eigenvalue weighted by atomic mass is 9.82. The number of hydrogen-bond acceptors (Lipinski definition) is 4. The van der Waals surface area contributed by atoms with Gasteiger partial charge in [-0.15, -0.1) is 6.42 Å². The summed E-state index contributed by atoms with van der Waals surface area (Å²) in [6.45, 7) is 3.08. The number of esters is 1. The van der Waals surface area contributed by atoms with Gasteiger partial charge in [-0.2, -0.15) is 0 Å². The molecule has 38 heavy (non-hydrogen) atoms. The second-order valence-corrected chi connectivity index (χ2v) is 10.2. The minimum Gasteiger partial charge on any atom is -0.466 e. The normalized spacial score (nSPS) is 14.2. The lowest BCUT2D eigenvalue weighted by Gasteiger charge is -2.24. The second-order valence-electron chi connectivity index (χ2n) is 10.2. The maximum absolute atomic E-state index is 12.8. The summed E-state index contributed by atoms with van der Waals surface area (Å²) in [4.78, 5) is 26.9. The van der Waals surface area contributed by atoms with Gasteiger partial charge in [-0.1, -0.05) is 63.1 Å². The van der Waals surface area contributed by atoms with E-state index in [-0.39, 0.29) is 17.8 Å². The summed E-state index contributed by atoms with van der Waals surface area (Å²) in [6, 6.07) is 13.0. The van der Waals surface area contributed by atoms with Gasteiger partial charge in [0.1, 0.15) is 5.84 Å². The maximum Gasteiger partial charge on any atom is 0.306 e. The summed E-state index contributed by atoms with van der Waals surface area (Å²) >= 11 is 0. The van der Waals surface area contributed by atoms with Crippen LogP contribution in [0, 0.1) is 23.7 Å². The first-order valence-electron chi connectivity index (χ1n) is 13.8. The maximum atomic E-state index is 12.8. The largest absolute Gasteiger partial charge is 0.466 e. The molecule has 0 fully saturated rings. The molecule has 0 aromatic heterocycles. The van der Waals surface area contributed by atoms with Gasteiger partial charge in [-0.25, -0.2) is 0 Å². The molecule has 1 aliphatic rings. The van der Waals surface area contributed by atoms with Crippen molar-refractivity contribution in [2.24, 2.45) is 5.92 Å². The van der Waals surface area contributed by atoms with E-state index in [4.69, 9.17) is 16.6 Å². The molecule has 202 valence electrons. The molecular weight excluding hydrogens is 474 g/mol. The van der Waals surface area contributed by atoms with Crippen LogP contribution in [0.25, 0.3) is 0 Å². The van der Waals surface area contributed by atoms with Crippen molar-refractivity contribution in [2.45, 2.75) is 71.1 Å². The Balaban J connectivity index is 1.49. The molecule has 1 unspecified atom stereocenters. The average Bonchev–Trinajstić information content (AvgIpc) is 2.92. The van der Waals surface area contributed by atoms with E-state index < -0.39 is 0 Å². The Bertz CT molecular complexity index is 1130. The predicted molar refractivity (Wildman–Crippen MR) is 154 cm³/mol. The monoisotopic (exact) mass is 515 g/mol. The SMILES string of the molecule is C#CCN(C)C(=N)c1ccc(C(=O)Nc2ccc3c(c2)CC(CC(=O)OCCCCCCCC)CC3)cc1. The smallest absolute Gasteiger partial charge is 0.306 e. The van der Waals surface area contributed by atoms with E-state index in [0.29, 0.717) is 36.5 Å². The van der Waals surface area contributed by atoms with Crippen LogP contribution in [0.15, 0.2) is 42.5 Å². The third-order valence-electron chi connectivity index (χ3n) is 7.14. The zero-order valence-electron chi connectivity index (χ0n) is 22.9. The summed E-state index contributed by atoms with van der Waals surface area (Å²) < 4.78 is 5.49. The Morgan fingerprint density at radius 3 is 2.50 bits per heavy atom. The van der Waals surface area contributed by atoms with Gasteiger partial charge in [-0.3, -0.25) is 15.0 Å². The topological polar surface area (TPSA) is 82.5 Å². The van der Waals surface area contributed by atoms with Gasteiger partial charge in [0, 0.05) is 30.3 Å². The lowest BCUT2D eigenvalue weighted by molar-refractivity contribution is -0.145. The highest BCUT2D eigenvalue weighted by atomic mass is 16.5. The van der Waals surface area contributed by atoms with E-state index in [9.17, 15) is 9.59 Å². The number of terminal acetylenes is 1. The van der Waals surface area contributed by atoms with Crippen molar-refractivity contribution < 1.29 is 14.3 Å². The highest BCUT2D eigenvalue weighted by Crippen LogP contribution is 2.30. The number of hydrogen-bond donors (Lipinski definition) is 2. The van der Waals surface area contributed by atoms with Gasteiger partial charge < -0.3 is 15.0 Å². The molecule has 1 atom stereocenters. The third-order valence-corrected chi connectivity index (χ3v) is 7.14. The molecule has 0 saturated heterocycles. The molecular formula is C32H41N3O3. The van der Waals surface area contributed by atoms with Gasteiger partial charge in [0.25, 0.3) is 5.91 Å². The molecule has 0 radical (unpaired) electrons. The molecule has 2 N–H and O–H groups in total. The lowest BCUT2D eigenvalue weighted by Crippen LogP contribution is -2.27. The molecule has 6 nitrogen and oxygen atoms in total. The van der Waals surface area contributed by atoms with Crippen LogP contribution in [-0.2, 0) is 22.4 Å². The quantitative estimate of drug-likeness (QED) is 0.109. The van der Waals surface area contributed by atoms with Crippen molar-refractivity contribution in [3.63, 3.8) is 0 Å². The van der Waals surface area contributed by atoms with E-state index in [1.165, 1.54) is 36.8 Å². The van der Waals surface area contributed by atoms with Gasteiger partial charge >= 0.3 is 5.97 Å². The van der Waals surface area contributed by atoms with Crippen LogP contribution in [-0.4, -0.2) is 42.8 Å². The van der Waals surface area contributed by atoms with Crippen molar-refractivity contribution in [3.8, 4) is 12.3 Å². The number of fused-ring (bicyclic) bond motifs is 1. The number of rotatable bonds is 13. The van der Waals surface area contributed by atoms with Gasteiger partial charge in [0.05, 0.1) is 13.2 Å². The zero-order valence-corrected chi connectivity index (χ0v) is 22.9. The third kappa shape index (κ3) is 8.76. The summed E-state index contributed by atoms with van der Waals surface area (Å²) in [5.74, 6) is 2.80. The number of anilines is 1. The summed E-state index contributed by atoms with van der Waals surface area (Å²) in [7, 11) is 1.77.